The lowest BCUT2D eigenvalue weighted by atomic mass is 9.90. The van der Waals surface area contributed by atoms with Crippen LogP contribution in [0.4, 0.5) is 0 Å². The average Bonchev–Trinajstić information content (AvgIpc) is 3.10. The third kappa shape index (κ3) is 3.94. The van der Waals surface area contributed by atoms with Crippen LogP contribution in [0.25, 0.3) is 16.7 Å². The molecule has 0 saturated carbocycles. The number of carbonyl (C=O) groups excluding carboxylic acids is 1. The summed E-state index contributed by atoms with van der Waals surface area (Å²) in [6.07, 6.45) is 3.20. The molecule has 0 bridgehead atoms. The van der Waals surface area contributed by atoms with Gasteiger partial charge in [0, 0.05) is 41.2 Å². The van der Waals surface area contributed by atoms with Crippen molar-refractivity contribution >= 4 is 35.0 Å². The number of aliphatic imine (C=N–C) groups is 2. The molecule has 0 spiro atoms. The molecule has 0 fully saturated rings. The number of halogens is 1. The number of carbonyl (C=O) groups is 1. The number of fused-ring (bicyclic) bond motifs is 3. The van der Waals surface area contributed by atoms with Gasteiger partial charge in [0.05, 0.1) is 23.4 Å². The summed E-state index contributed by atoms with van der Waals surface area (Å²) in [5.41, 5.74) is 17.8. The van der Waals surface area contributed by atoms with Gasteiger partial charge in [-0.15, -0.1) is 0 Å². The number of aromatic nitrogens is 1. The summed E-state index contributed by atoms with van der Waals surface area (Å²) in [5, 5.41) is 4.76. The molecule has 0 saturated heterocycles. The van der Waals surface area contributed by atoms with Gasteiger partial charge in [0.1, 0.15) is 6.04 Å². The summed E-state index contributed by atoms with van der Waals surface area (Å²) in [7, 11) is 1.69. The maximum atomic E-state index is 11.8. The zero-order valence-electron chi connectivity index (χ0n) is 17.7. The topological polar surface area (TPSA) is 120 Å². The molecule has 7 nitrogen and oxygen atoms in total. The van der Waals surface area contributed by atoms with Crippen LogP contribution in [0.2, 0.25) is 5.02 Å². The van der Waals surface area contributed by atoms with Crippen molar-refractivity contribution in [2.75, 3.05) is 7.05 Å². The van der Waals surface area contributed by atoms with E-state index in [-0.39, 0.29) is 6.42 Å². The van der Waals surface area contributed by atoms with Crippen LogP contribution in [0.5, 0.6) is 0 Å². The molecule has 4 rings (SSSR count). The van der Waals surface area contributed by atoms with Gasteiger partial charge >= 0.3 is 0 Å². The van der Waals surface area contributed by atoms with Gasteiger partial charge in [-0.25, -0.2) is 0 Å². The van der Waals surface area contributed by atoms with Crippen LogP contribution in [-0.2, 0) is 4.79 Å². The minimum Gasteiger partial charge on any atom is -0.404 e. The number of nitrogens with two attached hydrogens (primary N) is 2. The van der Waals surface area contributed by atoms with Crippen LogP contribution in [-0.4, -0.2) is 30.0 Å². The third-order valence-corrected chi connectivity index (χ3v) is 5.57. The number of hydrogen-bond donors (Lipinski definition) is 2. The molecule has 1 aliphatic rings. The highest BCUT2D eigenvalue weighted by atomic mass is 35.5. The van der Waals surface area contributed by atoms with E-state index in [0.29, 0.717) is 22.2 Å². The number of allylic oxidation sites excluding steroid dienone is 1. The van der Waals surface area contributed by atoms with Crippen LogP contribution in [0.3, 0.4) is 0 Å². The van der Waals surface area contributed by atoms with Crippen molar-refractivity contribution in [3.05, 3.63) is 81.8 Å². The van der Waals surface area contributed by atoms with Gasteiger partial charge in [0.25, 0.3) is 0 Å². The molecule has 1 amide bonds. The van der Waals surface area contributed by atoms with Gasteiger partial charge in [0.2, 0.25) is 5.91 Å². The Morgan fingerprint density at radius 2 is 1.97 bits per heavy atom. The summed E-state index contributed by atoms with van der Waals surface area (Å²) < 4.78 is 5.64. The van der Waals surface area contributed by atoms with Crippen LogP contribution in [0, 0.1) is 6.92 Å². The normalized spacial score (nSPS) is 15.8. The first-order valence-electron chi connectivity index (χ1n) is 10.00. The lowest BCUT2D eigenvalue weighted by Crippen LogP contribution is -2.15. The molecule has 0 aliphatic carbocycles. The van der Waals surface area contributed by atoms with Crippen molar-refractivity contribution in [1.29, 1.82) is 0 Å². The van der Waals surface area contributed by atoms with Crippen molar-refractivity contribution in [1.82, 2.24) is 5.16 Å². The lowest BCUT2D eigenvalue weighted by molar-refractivity contribution is -0.118. The maximum Gasteiger partial charge on any atom is 0.220 e. The van der Waals surface area contributed by atoms with Gasteiger partial charge in [-0.05, 0) is 36.2 Å². The Labute approximate surface area is 190 Å². The van der Waals surface area contributed by atoms with Gasteiger partial charge in [0.15, 0.2) is 5.76 Å². The molecule has 32 heavy (non-hydrogen) atoms. The zero-order chi connectivity index (χ0) is 22.8. The highest BCUT2D eigenvalue weighted by Crippen LogP contribution is 2.41. The maximum absolute atomic E-state index is 11.8. The number of nitrogens with zero attached hydrogens (tertiary/aromatic N) is 3. The number of benzene rings is 2. The van der Waals surface area contributed by atoms with Crippen LogP contribution in [0.1, 0.15) is 40.6 Å². The molecule has 162 valence electrons. The van der Waals surface area contributed by atoms with Crippen molar-refractivity contribution in [2.45, 2.75) is 19.4 Å². The fraction of sp³-hybridized carbons (Fsp3) is 0.167. The average molecular weight is 448 g/mol. The first-order valence-corrected chi connectivity index (χ1v) is 10.4. The molecule has 2 heterocycles. The minimum absolute atomic E-state index is 0.00395. The van der Waals surface area contributed by atoms with Gasteiger partial charge in [-0.1, -0.05) is 41.0 Å². The standard InChI is InChI=1S/C24H22ClN5O2/c1-13-22-18-8-5-15(16(11-26)12-28-2)9-19(18)23(14-3-6-17(25)7-4-14)29-20(10-21(27)31)24(22)32-30-13/h3-9,11-12,20H,10,26H2,1-2H3,(H2,27,31)/t20-/m0/s1. The number of rotatable bonds is 5. The number of amides is 1. The van der Waals surface area contributed by atoms with E-state index >= 15 is 0 Å². The molecule has 1 atom stereocenters. The fourth-order valence-corrected chi connectivity index (χ4v) is 4.01. The molecule has 2 aromatic carbocycles. The highest BCUT2D eigenvalue weighted by Gasteiger charge is 2.31. The van der Waals surface area contributed by atoms with Crippen LogP contribution in [0.15, 0.2) is 63.2 Å². The molecule has 1 aliphatic heterocycles. The summed E-state index contributed by atoms with van der Waals surface area (Å²) in [6.45, 7) is 1.86. The molecular weight excluding hydrogens is 426 g/mol. The van der Waals surface area contributed by atoms with Crippen molar-refractivity contribution in [3.63, 3.8) is 0 Å². The zero-order valence-corrected chi connectivity index (χ0v) is 18.4. The van der Waals surface area contributed by atoms with Crippen LogP contribution < -0.4 is 11.5 Å². The Kier molecular flexibility index (Phi) is 5.92. The van der Waals surface area contributed by atoms with Gasteiger partial charge in [-0.2, -0.15) is 0 Å². The second kappa shape index (κ2) is 8.80. The molecule has 0 radical (unpaired) electrons. The number of hydrogen-bond acceptors (Lipinski definition) is 6. The molecule has 0 unspecified atom stereocenters. The second-order valence-electron chi connectivity index (χ2n) is 7.45. The summed E-state index contributed by atoms with van der Waals surface area (Å²) in [6, 6.07) is 12.7. The summed E-state index contributed by atoms with van der Waals surface area (Å²) in [4.78, 5) is 20.9. The van der Waals surface area contributed by atoms with E-state index in [1.807, 2.05) is 37.3 Å². The fourth-order valence-electron chi connectivity index (χ4n) is 3.88. The van der Waals surface area contributed by atoms with E-state index in [2.05, 4.69) is 10.1 Å². The molecule has 3 aromatic rings. The highest BCUT2D eigenvalue weighted by molar-refractivity contribution is 6.30. The molecule has 1 aromatic heterocycles. The quantitative estimate of drug-likeness (QED) is 0.572. The van der Waals surface area contributed by atoms with Crippen molar-refractivity contribution < 1.29 is 9.32 Å². The number of aryl methyl sites for hydroxylation is 1. The van der Waals surface area contributed by atoms with Gasteiger partial charge < -0.3 is 16.0 Å². The van der Waals surface area contributed by atoms with E-state index in [0.717, 1.165) is 33.4 Å². The predicted octanol–water partition coefficient (Wildman–Crippen LogP) is 4.07. The summed E-state index contributed by atoms with van der Waals surface area (Å²) in [5.74, 6) is 0.0392. The van der Waals surface area contributed by atoms with Crippen molar-refractivity contribution in [3.8, 4) is 11.1 Å². The van der Waals surface area contributed by atoms with Crippen LogP contribution >= 0.6 is 11.6 Å². The Hall–Kier alpha value is -3.71. The Balaban J connectivity index is 2.03. The SMILES string of the molecule is CN=CC(=CN)c1ccc2c(c1)C(c1ccc(Cl)cc1)=N[C@@H](CC(N)=O)c1onc(C)c1-2. The molecular formula is C24H22ClN5O2. The van der Waals surface area contributed by atoms with Gasteiger partial charge in [-0.3, -0.25) is 14.8 Å². The molecule has 4 N–H and O–H groups in total. The van der Waals surface area contributed by atoms with E-state index in [1.165, 1.54) is 6.20 Å². The van der Waals surface area contributed by atoms with E-state index in [1.54, 1.807) is 25.4 Å². The van der Waals surface area contributed by atoms with E-state index in [4.69, 9.17) is 32.6 Å². The third-order valence-electron chi connectivity index (χ3n) is 5.31. The Morgan fingerprint density at radius 3 is 2.62 bits per heavy atom. The monoisotopic (exact) mass is 447 g/mol. The number of primary amides is 1. The van der Waals surface area contributed by atoms with Crippen molar-refractivity contribution in [2.24, 2.45) is 21.5 Å². The Morgan fingerprint density at radius 1 is 1.22 bits per heavy atom. The second-order valence-corrected chi connectivity index (χ2v) is 7.88. The largest absolute Gasteiger partial charge is 0.404 e. The predicted molar refractivity (Wildman–Crippen MR) is 127 cm³/mol. The first kappa shape index (κ1) is 21.5. The molecule has 8 heteroatoms. The summed E-state index contributed by atoms with van der Waals surface area (Å²) >= 11 is 6.12. The lowest BCUT2D eigenvalue weighted by Gasteiger charge is -2.14. The first-order chi connectivity index (χ1) is 15.4. The minimum atomic E-state index is -0.605. The Bertz CT molecular complexity index is 1270. The van der Waals surface area contributed by atoms with E-state index < -0.39 is 11.9 Å². The van der Waals surface area contributed by atoms with E-state index in [9.17, 15) is 4.79 Å². The smallest absolute Gasteiger partial charge is 0.220 e.